The Kier molecular flexibility index (Phi) is 3.37. The zero-order chi connectivity index (χ0) is 11.7. The van der Waals surface area contributed by atoms with Gasteiger partial charge in [-0.05, 0) is 24.6 Å². The second-order valence-electron chi connectivity index (χ2n) is 3.47. The van der Waals surface area contributed by atoms with Crippen LogP contribution in [0.4, 0.5) is 4.39 Å². The van der Waals surface area contributed by atoms with Crippen LogP contribution < -0.4 is 5.73 Å². The van der Waals surface area contributed by atoms with Gasteiger partial charge in [0.15, 0.2) is 0 Å². The topological polar surface area (TPSA) is 38.9 Å². The number of aryl methyl sites for hydroxylation is 1. The van der Waals surface area contributed by atoms with Gasteiger partial charge in [-0.25, -0.2) is 9.37 Å². The minimum absolute atomic E-state index is 0.279. The summed E-state index contributed by atoms with van der Waals surface area (Å²) in [4.78, 5) is 4.33. The van der Waals surface area contributed by atoms with E-state index in [2.05, 4.69) is 20.9 Å². The maximum atomic E-state index is 12.9. The highest BCUT2D eigenvalue weighted by Gasteiger charge is 2.15. The molecule has 84 valence electrons. The zero-order valence-corrected chi connectivity index (χ0v) is 11.0. The average Bonchev–Trinajstić information content (AvgIpc) is 2.64. The van der Waals surface area contributed by atoms with Gasteiger partial charge in [-0.2, -0.15) is 0 Å². The fraction of sp³-hybridized carbons (Fsp3) is 0.182. The van der Waals surface area contributed by atoms with Crippen molar-refractivity contribution >= 4 is 27.3 Å². The summed E-state index contributed by atoms with van der Waals surface area (Å²) in [6.45, 7) is 1.92. The molecule has 0 fully saturated rings. The molecular formula is C11H10BrFN2S. The zero-order valence-electron chi connectivity index (χ0n) is 8.58. The molecule has 2 nitrogen and oxygen atoms in total. The first-order valence-corrected chi connectivity index (χ1v) is 6.38. The van der Waals surface area contributed by atoms with E-state index in [0.717, 1.165) is 16.3 Å². The summed E-state index contributed by atoms with van der Waals surface area (Å²) < 4.78 is 13.6. The van der Waals surface area contributed by atoms with E-state index >= 15 is 0 Å². The van der Waals surface area contributed by atoms with Gasteiger partial charge in [0.05, 0.1) is 6.04 Å². The summed E-state index contributed by atoms with van der Waals surface area (Å²) >= 11 is 4.82. The lowest BCUT2D eigenvalue weighted by atomic mass is 10.1. The molecule has 0 aliphatic carbocycles. The fourth-order valence-corrected chi connectivity index (χ4v) is 2.81. The highest BCUT2D eigenvalue weighted by Crippen LogP contribution is 2.28. The van der Waals surface area contributed by atoms with Crippen molar-refractivity contribution in [2.24, 2.45) is 5.73 Å². The van der Waals surface area contributed by atoms with E-state index in [1.54, 1.807) is 6.07 Å². The Morgan fingerprint density at radius 2 is 2.25 bits per heavy atom. The molecule has 0 spiro atoms. The lowest BCUT2D eigenvalue weighted by Crippen LogP contribution is -2.12. The third-order valence-corrected chi connectivity index (χ3v) is 3.93. The van der Waals surface area contributed by atoms with Crippen LogP contribution in [0.25, 0.3) is 0 Å². The van der Waals surface area contributed by atoms with Gasteiger partial charge in [0, 0.05) is 15.5 Å². The summed E-state index contributed by atoms with van der Waals surface area (Å²) in [6, 6.07) is 4.19. The predicted octanol–water partition coefficient (Wildman–Crippen LogP) is 3.40. The molecule has 2 aromatic rings. The number of thiazole rings is 1. The van der Waals surface area contributed by atoms with Gasteiger partial charge in [0.25, 0.3) is 0 Å². The highest BCUT2D eigenvalue weighted by molar-refractivity contribution is 9.10. The van der Waals surface area contributed by atoms with E-state index < -0.39 is 0 Å². The standard InChI is InChI=1S/C11H10BrFN2S/c1-6-5-16-11(15-6)10(14)8-3-2-7(13)4-9(8)12/h2-5,10H,14H2,1H3. The Bertz CT molecular complexity index is 512. The second-order valence-corrected chi connectivity index (χ2v) is 5.21. The van der Waals surface area contributed by atoms with Gasteiger partial charge in [-0.1, -0.05) is 22.0 Å². The molecule has 0 saturated carbocycles. The normalized spacial score (nSPS) is 12.8. The highest BCUT2D eigenvalue weighted by atomic mass is 79.9. The van der Waals surface area contributed by atoms with Crippen molar-refractivity contribution in [3.05, 3.63) is 50.1 Å². The van der Waals surface area contributed by atoms with Crippen LogP contribution in [0.1, 0.15) is 22.3 Å². The number of nitrogens with two attached hydrogens (primary N) is 1. The molecule has 1 heterocycles. The van der Waals surface area contributed by atoms with Crippen molar-refractivity contribution < 1.29 is 4.39 Å². The number of hydrogen-bond acceptors (Lipinski definition) is 3. The number of benzene rings is 1. The Morgan fingerprint density at radius 1 is 1.50 bits per heavy atom. The molecule has 0 saturated heterocycles. The van der Waals surface area contributed by atoms with Gasteiger partial charge in [0.1, 0.15) is 10.8 Å². The minimum Gasteiger partial charge on any atom is -0.318 e. The van der Waals surface area contributed by atoms with E-state index in [9.17, 15) is 4.39 Å². The molecule has 0 radical (unpaired) electrons. The molecular weight excluding hydrogens is 291 g/mol. The third-order valence-electron chi connectivity index (χ3n) is 2.20. The summed E-state index contributed by atoms with van der Waals surface area (Å²) in [7, 11) is 0. The summed E-state index contributed by atoms with van der Waals surface area (Å²) in [5, 5.41) is 2.79. The van der Waals surface area contributed by atoms with Crippen LogP contribution in [0.2, 0.25) is 0 Å². The molecule has 0 amide bonds. The molecule has 0 aliphatic rings. The van der Waals surface area contributed by atoms with E-state index in [1.807, 2.05) is 12.3 Å². The molecule has 5 heteroatoms. The average molecular weight is 301 g/mol. The first-order valence-electron chi connectivity index (χ1n) is 4.70. The summed E-state index contributed by atoms with van der Waals surface area (Å²) in [6.07, 6.45) is 0. The van der Waals surface area contributed by atoms with Crippen LogP contribution in [0.15, 0.2) is 28.1 Å². The summed E-state index contributed by atoms with van der Waals surface area (Å²) in [5.74, 6) is -0.279. The van der Waals surface area contributed by atoms with Crippen LogP contribution >= 0.6 is 27.3 Å². The first-order chi connectivity index (χ1) is 7.58. The second kappa shape index (κ2) is 4.61. The number of hydrogen-bond donors (Lipinski definition) is 1. The SMILES string of the molecule is Cc1csc(C(N)c2ccc(F)cc2Br)n1. The number of nitrogens with zero attached hydrogens (tertiary/aromatic N) is 1. The molecule has 1 atom stereocenters. The first kappa shape index (κ1) is 11.7. The molecule has 0 aliphatic heterocycles. The van der Waals surface area contributed by atoms with E-state index in [4.69, 9.17) is 5.73 Å². The number of aromatic nitrogens is 1. The van der Waals surface area contributed by atoms with Crippen LogP contribution in [0.3, 0.4) is 0 Å². The molecule has 16 heavy (non-hydrogen) atoms. The Balaban J connectivity index is 2.37. The van der Waals surface area contributed by atoms with Crippen molar-refractivity contribution in [2.45, 2.75) is 13.0 Å². The van der Waals surface area contributed by atoms with Gasteiger partial charge in [-0.15, -0.1) is 11.3 Å². The van der Waals surface area contributed by atoms with E-state index in [1.165, 1.54) is 23.5 Å². The Labute approximate surface area is 105 Å². The molecule has 2 rings (SSSR count). The molecule has 2 N–H and O–H groups in total. The van der Waals surface area contributed by atoms with Crippen molar-refractivity contribution in [3.63, 3.8) is 0 Å². The number of halogens is 2. The third kappa shape index (κ3) is 2.31. The predicted molar refractivity (Wildman–Crippen MR) is 67.0 cm³/mol. The summed E-state index contributed by atoms with van der Waals surface area (Å²) in [5.41, 5.74) is 7.87. The lowest BCUT2D eigenvalue weighted by molar-refractivity contribution is 0.625. The van der Waals surface area contributed by atoms with Crippen molar-refractivity contribution in [1.29, 1.82) is 0 Å². The monoisotopic (exact) mass is 300 g/mol. The molecule has 0 bridgehead atoms. The van der Waals surface area contributed by atoms with Crippen LogP contribution in [0, 0.1) is 12.7 Å². The van der Waals surface area contributed by atoms with Crippen molar-refractivity contribution in [1.82, 2.24) is 4.98 Å². The number of rotatable bonds is 2. The fourth-order valence-electron chi connectivity index (χ4n) is 1.40. The maximum absolute atomic E-state index is 12.9. The van der Waals surface area contributed by atoms with E-state index in [0.29, 0.717) is 4.47 Å². The van der Waals surface area contributed by atoms with Crippen LogP contribution in [-0.4, -0.2) is 4.98 Å². The van der Waals surface area contributed by atoms with Crippen molar-refractivity contribution in [3.8, 4) is 0 Å². The van der Waals surface area contributed by atoms with Crippen LogP contribution in [0.5, 0.6) is 0 Å². The Hall–Kier alpha value is -0.780. The van der Waals surface area contributed by atoms with Crippen molar-refractivity contribution in [2.75, 3.05) is 0 Å². The van der Waals surface area contributed by atoms with Gasteiger partial charge in [0.2, 0.25) is 0 Å². The maximum Gasteiger partial charge on any atom is 0.124 e. The largest absolute Gasteiger partial charge is 0.318 e. The quantitative estimate of drug-likeness (QED) is 0.923. The minimum atomic E-state index is -0.311. The van der Waals surface area contributed by atoms with Gasteiger partial charge < -0.3 is 5.73 Å². The lowest BCUT2D eigenvalue weighted by Gasteiger charge is -2.11. The Morgan fingerprint density at radius 3 is 2.81 bits per heavy atom. The molecule has 1 aromatic heterocycles. The molecule has 1 unspecified atom stereocenters. The molecule has 1 aromatic carbocycles. The van der Waals surface area contributed by atoms with Gasteiger partial charge >= 0.3 is 0 Å². The van der Waals surface area contributed by atoms with Crippen LogP contribution in [-0.2, 0) is 0 Å². The van der Waals surface area contributed by atoms with Gasteiger partial charge in [-0.3, -0.25) is 0 Å². The van der Waals surface area contributed by atoms with E-state index in [-0.39, 0.29) is 11.9 Å². The smallest absolute Gasteiger partial charge is 0.124 e.